The Balaban J connectivity index is 2.62. The van der Waals surface area contributed by atoms with E-state index in [0.29, 0.717) is 18.5 Å². The zero-order valence-corrected chi connectivity index (χ0v) is 12.7. The van der Waals surface area contributed by atoms with Crippen LogP contribution in [-0.2, 0) is 6.54 Å². The molecule has 1 aromatic heterocycles. The molecule has 21 heavy (non-hydrogen) atoms. The molecule has 2 aromatic rings. The average Bonchev–Trinajstić information content (AvgIpc) is 2.78. The van der Waals surface area contributed by atoms with Gasteiger partial charge in [-0.15, -0.1) is 0 Å². The molecule has 2 rings (SSSR count). The smallest absolute Gasteiger partial charge is 0.337 e. The van der Waals surface area contributed by atoms with Crippen molar-refractivity contribution in [1.82, 2.24) is 9.55 Å². The fraction of sp³-hybridized carbons (Fsp3) is 0.500. The van der Waals surface area contributed by atoms with Crippen molar-refractivity contribution in [1.29, 1.82) is 0 Å². The number of para-hydroxylation sites is 1. The number of imidazole rings is 1. The van der Waals surface area contributed by atoms with E-state index in [1.165, 1.54) is 0 Å². The number of carboxylic acids is 1. The molecule has 5 heteroatoms. The van der Waals surface area contributed by atoms with Gasteiger partial charge in [0, 0.05) is 19.1 Å². The minimum atomic E-state index is -0.938. The zero-order valence-electron chi connectivity index (χ0n) is 12.7. The predicted octanol–water partition coefficient (Wildman–Crippen LogP) is 2.88. The third-order valence-electron chi connectivity index (χ3n) is 3.66. The molecule has 1 atom stereocenters. The van der Waals surface area contributed by atoms with Gasteiger partial charge in [0.25, 0.3) is 0 Å². The highest BCUT2D eigenvalue weighted by molar-refractivity contribution is 6.01. The number of aliphatic hydroxyl groups is 1. The lowest BCUT2D eigenvalue weighted by Gasteiger charge is -2.16. The number of rotatable bonds is 6. The van der Waals surface area contributed by atoms with Crippen LogP contribution in [0.1, 0.15) is 49.3 Å². The van der Waals surface area contributed by atoms with Gasteiger partial charge in [0.1, 0.15) is 5.82 Å². The van der Waals surface area contributed by atoms with E-state index < -0.39 is 5.97 Å². The van der Waals surface area contributed by atoms with Crippen LogP contribution in [0.4, 0.5) is 0 Å². The molecule has 1 unspecified atom stereocenters. The van der Waals surface area contributed by atoms with Crippen molar-refractivity contribution in [2.24, 2.45) is 5.92 Å². The summed E-state index contributed by atoms with van der Waals surface area (Å²) in [5, 5.41) is 18.5. The van der Waals surface area contributed by atoms with Gasteiger partial charge >= 0.3 is 5.97 Å². The van der Waals surface area contributed by atoms with Gasteiger partial charge in [-0.05, 0) is 24.5 Å². The lowest BCUT2D eigenvalue weighted by Crippen LogP contribution is -2.14. The molecule has 0 fully saturated rings. The fourth-order valence-corrected chi connectivity index (χ4v) is 2.63. The van der Waals surface area contributed by atoms with Crippen LogP contribution in [0.15, 0.2) is 18.2 Å². The van der Waals surface area contributed by atoms with Crippen LogP contribution >= 0.6 is 0 Å². The topological polar surface area (TPSA) is 75.3 Å². The van der Waals surface area contributed by atoms with Gasteiger partial charge in [-0.25, -0.2) is 9.78 Å². The van der Waals surface area contributed by atoms with Crippen LogP contribution in [0.5, 0.6) is 0 Å². The number of carboxylic acid groups (broad SMARTS) is 1. The van der Waals surface area contributed by atoms with Gasteiger partial charge in [-0.1, -0.05) is 26.8 Å². The van der Waals surface area contributed by atoms with E-state index in [1.807, 2.05) is 10.6 Å². The summed E-state index contributed by atoms with van der Waals surface area (Å²) in [6.07, 6.45) is 0.687. The summed E-state index contributed by atoms with van der Waals surface area (Å²) in [4.78, 5) is 16.1. The van der Waals surface area contributed by atoms with E-state index >= 15 is 0 Å². The number of aromatic nitrogens is 2. The lowest BCUT2D eigenvalue weighted by atomic mass is 10.1. The van der Waals surface area contributed by atoms with Crippen molar-refractivity contribution < 1.29 is 15.0 Å². The molecule has 1 aromatic carbocycles. The van der Waals surface area contributed by atoms with Crippen molar-refractivity contribution in [2.45, 2.75) is 39.7 Å². The maximum atomic E-state index is 11.5. The number of hydrogen-bond donors (Lipinski definition) is 2. The molecular weight excluding hydrogens is 268 g/mol. The molecule has 114 valence electrons. The number of aliphatic hydroxyl groups excluding tert-OH is 1. The first-order valence-electron chi connectivity index (χ1n) is 7.29. The Morgan fingerprint density at radius 2 is 2.05 bits per heavy atom. The van der Waals surface area contributed by atoms with Crippen molar-refractivity contribution in [3.8, 4) is 0 Å². The number of aromatic carboxylic acids is 1. The van der Waals surface area contributed by atoms with Crippen molar-refractivity contribution in [3.63, 3.8) is 0 Å². The number of carbonyl (C=O) groups is 1. The first kappa shape index (κ1) is 15.5. The van der Waals surface area contributed by atoms with Gasteiger partial charge in [-0.2, -0.15) is 0 Å². The van der Waals surface area contributed by atoms with Crippen LogP contribution < -0.4 is 0 Å². The Labute approximate surface area is 124 Å². The minimum Gasteiger partial charge on any atom is -0.478 e. The first-order chi connectivity index (χ1) is 9.95. The van der Waals surface area contributed by atoms with Gasteiger partial charge in [0.15, 0.2) is 0 Å². The maximum Gasteiger partial charge on any atom is 0.337 e. The second-order valence-corrected chi connectivity index (χ2v) is 5.83. The number of hydrogen-bond acceptors (Lipinski definition) is 3. The van der Waals surface area contributed by atoms with Crippen molar-refractivity contribution in [2.75, 3.05) is 6.61 Å². The highest BCUT2D eigenvalue weighted by Crippen LogP contribution is 2.26. The highest BCUT2D eigenvalue weighted by Gasteiger charge is 2.20. The Morgan fingerprint density at radius 3 is 2.62 bits per heavy atom. The van der Waals surface area contributed by atoms with E-state index in [0.717, 1.165) is 11.3 Å². The quantitative estimate of drug-likeness (QED) is 0.857. The van der Waals surface area contributed by atoms with E-state index in [1.54, 1.807) is 12.1 Å². The van der Waals surface area contributed by atoms with E-state index in [2.05, 4.69) is 25.8 Å². The van der Waals surface area contributed by atoms with Gasteiger partial charge in [0.05, 0.1) is 16.6 Å². The fourth-order valence-electron chi connectivity index (χ4n) is 2.63. The van der Waals surface area contributed by atoms with Crippen LogP contribution in [0.25, 0.3) is 11.0 Å². The molecule has 0 aliphatic rings. The summed E-state index contributed by atoms with van der Waals surface area (Å²) in [6.45, 7) is 6.95. The Kier molecular flexibility index (Phi) is 4.63. The summed E-state index contributed by atoms with van der Waals surface area (Å²) in [5.74, 6) is 0.419. The standard InChI is InChI=1S/C16H22N2O3/c1-10(2)15-17-13-6-4-5-12(16(20)21)14(13)18(15)9-11(3)7-8-19/h4-6,10-11,19H,7-9H2,1-3H3,(H,20,21). The molecular formula is C16H22N2O3. The normalized spacial score (nSPS) is 13.0. The lowest BCUT2D eigenvalue weighted by molar-refractivity contribution is 0.0698. The van der Waals surface area contributed by atoms with E-state index in [9.17, 15) is 9.90 Å². The molecule has 0 aliphatic heterocycles. The number of nitrogens with zero attached hydrogens (tertiary/aromatic N) is 2. The maximum absolute atomic E-state index is 11.5. The van der Waals surface area contributed by atoms with Crippen LogP contribution in [0.3, 0.4) is 0 Å². The van der Waals surface area contributed by atoms with E-state index in [4.69, 9.17) is 5.11 Å². The molecule has 2 N–H and O–H groups in total. The van der Waals surface area contributed by atoms with Crippen LogP contribution in [0, 0.1) is 5.92 Å². The molecule has 1 heterocycles. The van der Waals surface area contributed by atoms with Crippen molar-refractivity contribution in [3.05, 3.63) is 29.6 Å². The monoisotopic (exact) mass is 290 g/mol. The molecule has 0 radical (unpaired) electrons. The Morgan fingerprint density at radius 1 is 1.33 bits per heavy atom. The summed E-state index contributed by atoms with van der Waals surface area (Å²) in [7, 11) is 0. The van der Waals surface area contributed by atoms with Gasteiger partial charge < -0.3 is 14.8 Å². The molecule has 0 saturated carbocycles. The minimum absolute atomic E-state index is 0.136. The number of benzene rings is 1. The van der Waals surface area contributed by atoms with Gasteiger partial charge in [0.2, 0.25) is 0 Å². The molecule has 0 saturated heterocycles. The Hall–Kier alpha value is -1.88. The SMILES string of the molecule is CC(CCO)Cn1c(C(C)C)nc2cccc(C(=O)O)c21. The number of fused-ring (bicyclic) bond motifs is 1. The first-order valence-corrected chi connectivity index (χ1v) is 7.29. The van der Waals surface area contributed by atoms with Gasteiger partial charge in [-0.3, -0.25) is 0 Å². The largest absolute Gasteiger partial charge is 0.478 e. The molecule has 5 nitrogen and oxygen atoms in total. The average molecular weight is 290 g/mol. The third kappa shape index (κ3) is 3.08. The summed E-state index contributed by atoms with van der Waals surface area (Å²) in [5.41, 5.74) is 1.68. The second-order valence-electron chi connectivity index (χ2n) is 5.83. The molecule has 0 bridgehead atoms. The van der Waals surface area contributed by atoms with E-state index in [-0.39, 0.29) is 24.0 Å². The summed E-state index contributed by atoms with van der Waals surface area (Å²) < 4.78 is 2.00. The summed E-state index contributed by atoms with van der Waals surface area (Å²) in [6, 6.07) is 5.19. The second kappa shape index (κ2) is 6.26. The van der Waals surface area contributed by atoms with Crippen molar-refractivity contribution >= 4 is 17.0 Å². The third-order valence-corrected chi connectivity index (χ3v) is 3.66. The molecule has 0 amide bonds. The molecule has 0 aliphatic carbocycles. The Bertz CT molecular complexity index is 646. The summed E-state index contributed by atoms with van der Waals surface area (Å²) >= 11 is 0. The predicted molar refractivity (Wildman–Crippen MR) is 81.6 cm³/mol. The highest BCUT2D eigenvalue weighted by atomic mass is 16.4. The van der Waals surface area contributed by atoms with Crippen LogP contribution in [0.2, 0.25) is 0 Å². The van der Waals surface area contributed by atoms with Crippen LogP contribution in [-0.4, -0.2) is 32.3 Å². The molecule has 0 spiro atoms. The zero-order chi connectivity index (χ0) is 15.6.